The fraction of sp³-hybridized carbons (Fsp3) is 0.0172. The lowest BCUT2D eigenvalue weighted by atomic mass is 9.70. The fourth-order valence-corrected chi connectivity index (χ4v) is 11.0. The summed E-state index contributed by atoms with van der Waals surface area (Å²) in [6, 6.07) is 79.8. The Kier molecular flexibility index (Phi) is 7.00. The Morgan fingerprint density at radius 2 is 1.03 bits per heavy atom. The molecule has 1 heterocycles. The maximum absolute atomic E-state index is 9.88. The molecule has 3 nitrogen and oxygen atoms in total. The first-order valence-electron chi connectivity index (χ1n) is 20.9. The summed E-state index contributed by atoms with van der Waals surface area (Å²) in [5.74, 6) is 0. The first-order valence-corrected chi connectivity index (χ1v) is 20.9. The Balaban J connectivity index is 1.22. The molecule has 61 heavy (non-hydrogen) atoms. The zero-order chi connectivity index (χ0) is 40.2. The number of benzene rings is 10. The third-order valence-electron chi connectivity index (χ3n) is 13.4. The molecular weight excluding hydrogens is 739 g/mol. The number of nitrogens with zero attached hydrogens (tertiary/aromatic N) is 3. The van der Waals surface area contributed by atoms with E-state index in [9.17, 15) is 5.26 Å². The molecule has 11 aromatic rings. The molecule has 1 spiro atoms. The number of hydrogen-bond acceptors (Lipinski definition) is 2. The van der Waals surface area contributed by atoms with Gasteiger partial charge in [-0.05, 0) is 122 Å². The normalized spacial score (nSPS) is 13.0. The Hall–Kier alpha value is -8.19. The largest absolute Gasteiger partial charge is 0.309 e. The van der Waals surface area contributed by atoms with Gasteiger partial charge in [-0.2, -0.15) is 5.26 Å². The number of fused-ring (bicyclic) bond motifs is 16. The molecule has 10 aromatic carbocycles. The average molecular weight is 774 g/mol. The molecule has 0 aliphatic heterocycles. The van der Waals surface area contributed by atoms with Gasteiger partial charge in [-0.15, -0.1) is 0 Å². The van der Waals surface area contributed by atoms with Gasteiger partial charge in [0, 0.05) is 32.9 Å². The third-order valence-corrected chi connectivity index (χ3v) is 13.4. The van der Waals surface area contributed by atoms with Crippen molar-refractivity contribution in [2.75, 3.05) is 4.90 Å². The van der Waals surface area contributed by atoms with E-state index >= 15 is 0 Å². The molecule has 0 bridgehead atoms. The van der Waals surface area contributed by atoms with Crippen molar-refractivity contribution >= 4 is 60.4 Å². The van der Waals surface area contributed by atoms with Gasteiger partial charge in [-0.25, -0.2) is 0 Å². The first kappa shape index (κ1) is 33.7. The van der Waals surface area contributed by atoms with Crippen LogP contribution in [0.4, 0.5) is 17.1 Å². The summed E-state index contributed by atoms with van der Waals surface area (Å²) in [5, 5.41) is 17.1. The highest BCUT2D eigenvalue weighted by Crippen LogP contribution is 2.65. The van der Waals surface area contributed by atoms with Gasteiger partial charge in [0.1, 0.15) is 0 Å². The topological polar surface area (TPSA) is 32.0 Å². The van der Waals surface area contributed by atoms with E-state index in [0.717, 1.165) is 33.5 Å². The van der Waals surface area contributed by atoms with E-state index in [-0.39, 0.29) is 0 Å². The van der Waals surface area contributed by atoms with Crippen molar-refractivity contribution in [1.82, 2.24) is 4.57 Å². The van der Waals surface area contributed by atoms with Gasteiger partial charge in [0.05, 0.1) is 39.5 Å². The summed E-state index contributed by atoms with van der Waals surface area (Å²) in [7, 11) is 0. The molecule has 0 radical (unpaired) electrons. The van der Waals surface area contributed by atoms with E-state index in [2.05, 4.69) is 216 Å². The smallest absolute Gasteiger partial charge is 0.0991 e. The minimum atomic E-state index is -0.601. The van der Waals surface area contributed by atoms with Crippen molar-refractivity contribution < 1.29 is 0 Å². The maximum Gasteiger partial charge on any atom is 0.0991 e. The van der Waals surface area contributed by atoms with Gasteiger partial charge in [-0.3, -0.25) is 0 Å². The SMILES string of the molecule is N#Cc1ccc(N(c2cccc3ccccc23)c2cc3c(c4ccccc24)-c2cc4c(cc2C32c3ccccc3-c3ccccc32)c2ccccc2n4-c2ccccc2)cc1. The van der Waals surface area contributed by atoms with Gasteiger partial charge in [-0.1, -0.05) is 146 Å². The molecule has 0 N–H and O–H groups in total. The monoisotopic (exact) mass is 773 g/mol. The lowest BCUT2D eigenvalue weighted by molar-refractivity contribution is 0.795. The Bertz CT molecular complexity index is 3610. The Morgan fingerprint density at radius 3 is 1.79 bits per heavy atom. The lowest BCUT2D eigenvalue weighted by Gasteiger charge is -2.33. The summed E-state index contributed by atoms with van der Waals surface area (Å²) in [6.45, 7) is 0. The van der Waals surface area contributed by atoms with E-state index in [1.807, 2.05) is 12.1 Å². The molecule has 1 aromatic heterocycles. The molecule has 3 heteroatoms. The zero-order valence-corrected chi connectivity index (χ0v) is 33.0. The Labute approximate surface area is 353 Å². The molecule has 2 aliphatic rings. The minimum Gasteiger partial charge on any atom is -0.309 e. The van der Waals surface area contributed by atoms with Crippen LogP contribution in [0.25, 0.3) is 71.3 Å². The molecule has 0 saturated heterocycles. The van der Waals surface area contributed by atoms with Crippen LogP contribution in [0.2, 0.25) is 0 Å². The predicted molar refractivity (Wildman–Crippen MR) is 251 cm³/mol. The molecule has 0 fully saturated rings. The van der Waals surface area contributed by atoms with Crippen LogP contribution in [-0.4, -0.2) is 4.57 Å². The molecule has 0 atom stereocenters. The van der Waals surface area contributed by atoms with Crippen LogP contribution in [0.5, 0.6) is 0 Å². The van der Waals surface area contributed by atoms with Gasteiger partial charge < -0.3 is 9.47 Å². The summed E-state index contributed by atoms with van der Waals surface area (Å²) >= 11 is 0. The third kappa shape index (κ3) is 4.51. The minimum absolute atomic E-state index is 0.601. The van der Waals surface area contributed by atoms with Crippen LogP contribution >= 0.6 is 0 Å². The van der Waals surface area contributed by atoms with Crippen molar-refractivity contribution in [2.24, 2.45) is 0 Å². The van der Waals surface area contributed by atoms with Crippen LogP contribution in [-0.2, 0) is 5.41 Å². The average Bonchev–Trinajstić information content (AvgIpc) is 3.92. The quantitative estimate of drug-likeness (QED) is 0.178. The van der Waals surface area contributed by atoms with E-state index in [1.165, 1.54) is 77.1 Å². The number of anilines is 3. The van der Waals surface area contributed by atoms with Crippen LogP contribution in [0.15, 0.2) is 212 Å². The molecule has 282 valence electrons. The van der Waals surface area contributed by atoms with Crippen LogP contribution in [0.3, 0.4) is 0 Å². The van der Waals surface area contributed by atoms with E-state index in [1.54, 1.807) is 0 Å². The lowest BCUT2D eigenvalue weighted by Crippen LogP contribution is -2.26. The number of hydrogen-bond donors (Lipinski definition) is 0. The molecule has 0 saturated carbocycles. The van der Waals surface area contributed by atoms with E-state index in [4.69, 9.17) is 0 Å². The van der Waals surface area contributed by atoms with Crippen molar-refractivity contribution in [1.29, 1.82) is 5.26 Å². The van der Waals surface area contributed by atoms with Crippen molar-refractivity contribution in [3.05, 3.63) is 240 Å². The second-order valence-corrected chi connectivity index (χ2v) is 16.3. The van der Waals surface area contributed by atoms with Crippen molar-refractivity contribution in [2.45, 2.75) is 5.41 Å². The van der Waals surface area contributed by atoms with Gasteiger partial charge in [0.15, 0.2) is 0 Å². The summed E-state index contributed by atoms with van der Waals surface area (Å²) in [6.07, 6.45) is 0. The maximum atomic E-state index is 9.88. The number of rotatable bonds is 4. The molecule has 13 rings (SSSR count). The summed E-state index contributed by atoms with van der Waals surface area (Å²) in [5.41, 5.74) is 17.0. The second-order valence-electron chi connectivity index (χ2n) is 16.3. The van der Waals surface area contributed by atoms with Gasteiger partial charge in [0.2, 0.25) is 0 Å². The molecule has 0 amide bonds. The van der Waals surface area contributed by atoms with Crippen molar-refractivity contribution in [3.8, 4) is 34.0 Å². The second kappa shape index (κ2) is 12.7. The first-order chi connectivity index (χ1) is 30.2. The molecular formula is C58H35N3. The van der Waals surface area contributed by atoms with Crippen LogP contribution in [0, 0.1) is 11.3 Å². The fourth-order valence-electron chi connectivity index (χ4n) is 11.0. The predicted octanol–water partition coefficient (Wildman–Crippen LogP) is 14.8. The van der Waals surface area contributed by atoms with Gasteiger partial charge in [0.25, 0.3) is 0 Å². The van der Waals surface area contributed by atoms with E-state index < -0.39 is 5.41 Å². The summed E-state index contributed by atoms with van der Waals surface area (Å²) < 4.78 is 2.44. The highest BCUT2D eigenvalue weighted by molar-refractivity contribution is 6.17. The number of aromatic nitrogens is 1. The highest BCUT2D eigenvalue weighted by atomic mass is 15.1. The molecule has 0 unspecified atom stereocenters. The van der Waals surface area contributed by atoms with Gasteiger partial charge >= 0.3 is 0 Å². The van der Waals surface area contributed by atoms with Crippen LogP contribution < -0.4 is 4.90 Å². The molecule has 2 aliphatic carbocycles. The summed E-state index contributed by atoms with van der Waals surface area (Å²) in [4.78, 5) is 2.42. The van der Waals surface area contributed by atoms with Crippen LogP contribution in [0.1, 0.15) is 27.8 Å². The zero-order valence-electron chi connectivity index (χ0n) is 33.0. The number of para-hydroxylation sites is 2. The Morgan fingerprint density at radius 1 is 0.410 bits per heavy atom. The highest BCUT2D eigenvalue weighted by Gasteiger charge is 2.53. The van der Waals surface area contributed by atoms with E-state index in [0.29, 0.717) is 5.56 Å². The number of nitriles is 1. The standard InChI is InChI=1S/C58H35N3/c59-36-37-29-31-40(32-30-37)61(53-28-14-16-38-15-4-5-19-41(38)53)56-35-52-57(46-24-7-6-22-44(46)56)48-34-55-47(45-23-10-13-27-54(45)60(55)39-17-2-1-3-18-39)33-51(48)58(52)49-25-11-8-20-42(49)43-21-9-12-26-50(43)58/h1-35H. The van der Waals surface area contributed by atoms with Crippen molar-refractivity contribution in [3.63, 3.8) is 0 Å².